The number of carbonyl (C=O) groups excluding carboxylic acids is 2. The lowest BCUT2D eigenvalue weighted by atomic mass is 10.1. The van der Waals surface area contributed by atoms with Gasteiger partial charge in [0.15, 0.2) is 6.61 Å². The first-order valence-corrected chi connectivity index (χ1v) is 12.7. The van der Waals surface area contributed by atoms with E-state index in [1.807, 2.05) is 39.8 Å². The number of aryl methyl sites for hydroxylation is 2. The summed E-state index contributed by atoms with van der Waals surface area (Å²) in [5.74, 6) is 0.312. The van der Waals surface area contributed by atoms with E-state index in [0.29, 0.717) is 22.2 Å². The molecule has 2 amide bonds. The summed E-state index contributed by atoms with van der Waals surface area (Å²) in [7, 11) is 0. The second kappa shape index (κ2) is 11.9. The molecule has 5 nitrogen and oxygen atoms in total. The molecule has 1 aliphatic rings. The number of hydrogen-bond acceptors (Lipinski definition) is 3. The van der Waals surface area contributed by atoms with Gasteiger partial charge in [-0.05, 0) is 80.5 Å². The first-order chi connectivity index (χ1) is 16.2. The largest absolute Gasteiger partial charge is 0.483 e. The van der Waals surface area contributed by atoms with Crippen LogP contribution in [0.2, 0.25) is 10.0 Å². The van der Waals surface area contributed by atoms with E-state index in [0.717, 1.165) is 47.9 Å². The molecule has 2 aromatic rings. The van der Waals surface area contributed by atoms with Crippen molar-refractivity contribution < 1.29 is 14.3 Å². The van der Waals surface area contributed by atoms with Crippen LogP contribution in [0.4, 0.5) is 0 Å². The zero-order valence-corrected chi connectivity index (χ0v) is 21.9. The molecule has 1 aliphatic carbocycles. The number of ether oxygens (including phenoxy) is 1. The summed E-state index contributed by atoms with van der Waals surface area (Å²) in [6, 6.07) is 8.86. The number of hydrogen-bond donors (Lipinski definition) is 1. The van der Waals surface area contributed by atoms with Gasteiger partial charge in [0.1, 0.15) is 11.8 Å². The highest BCUT2D eigenvalue weighted by molar-refractivity contribution is 6.42. The Balaban J connectivity index is 1.82. The summed E-state index contributed by atoms with van der Waals surface area (Å²) in [6.45, 7) is 8.00. The topological polar surface area (TPSA) is 58.6 Å². The molecular weight excluding hydrogens is 471 g/mol. The van der Waals surface area contributed by atoms with Crippen molar-refractivity contribution >= 4 is 35.0 Å². The molecule has 7 heteroatoms. The number of rotatable bonds is 9. The van der Waals surface area contributed by atoms with Crippen LogP contribution in [0.1, 0.15) is 61.3 Å². The van der Waals surface area contributed by atoms with Gasteiger partial charge < -0.3 is 15.0 Å². The molecule has 0 bridgehead atoms. The van der Waals surface area contributed by atoms with E-state index in [-0.39, 0.29) is 31.0 Å². The zero-order valence-electron chi connectivity index (χ0n) is 20.4. The van der Waals surface area contributed by atoms with Gasteiger partial charge in [-0.3, -0.25) is 9.59 Å². The maximum Gasteiger partial charge on any atom is 0.261 e. The van der Waals surface area contributed by atoms with Crippen LogP contribution in [0, 0.1) is 20.8 Å². The second-order valence-corrected chi connectivity index (χ2v) is 9.99. The smallest absolute Gasteiger partial charge is 0.261 e. The summed E-state index contributed by atoms with van der Waals surface area (Å²) in [6.07, 6.45) is 4.71. The highest BCUT2D eigenvalue weighted by Crippen LogP contribution is 2.26. The van der Waals surface area contributed by atoms with Crippen LogP contribution in [-0.2, 0) is 16.1 Å². The molecule has 1 N–H and O–H groups in total. The minimum Gasteiger partial charge on any atom is -0.483 e. The van der Waals surface area contributed by atoms with Crippen molar-refractivity contribution in [2.75, 3.05) is 6.61 Å². The van der Waals surface area contributed by atoms with Crippen molar-refractivity contribution in [3.63, 3.8) is 0 Å². The lowest BCUT2D eigenvalue weighted by Crippen LogP contribution is -2.52. The molecule has 184 valence electrons. The third-order valence-electron chi connectivity index (χ3n) is 6.54. The van der Waals surface area contributed by atoms with Crippen LogP contribution >= 0.6 is 23.2 Å². The molecule has 0 saturated heterocycles. The summed E-state index contributed by atoms with van der Waals surface area (Å²) in [4.78, 5) is 28.3. The lowest BCUT2D eigenvalue weighted by Gasteiger charge is -2.31. The van der Waals surface area contributed by atoms with E-state index in [2.05, 4.69) is 11.4 Å². The van der Waals surface area contributed by atoms with E-state index in [1.165, 1.54) is 0 Å². The maximum absolute atomic E-state index is 13.5. The van der Waals surface area contributed by atoms with Crippen LogP contribution in [0.25, 0.3) is 0 Å². The summed E-state index contributed by atoms with van der Waals surface area (Å²) < 4.78 is 5.96. The third kappa shape index (κ3) is 6.67. The SMILES string of the molecule is CC[C@@H](C(=O)NC1CCCC1)N(Cc1ccc(Cl)c(Cl)c1)C(=O)COc1cc(C)cc(C)c1C. The van der Waals surface area contributed by atoms with Gasteiger partial charge in [-0.25, -0.2) is 0 Å². The van der Waals surface area contributed by atoms with Gasteiger partial charge in [0.25, 0.3) is 5.91 Å². The molecule has 1 atom stereocenters. The minimum absolute atomic E-state index is 0.120. The Morgan fingerprint density at radius 2 is 1.79 bits per heavy atom. The van der Waals surface area contributed by atoms with Crippen molar-refractivity contribution in [2.45, 2.75) is 78.4 Å². The Morgan fingerprint density at radius 1 is 1.09 bits per heavy atom. The lowest BCUT2D eigenvalue weighted by molar-refractivity contribution is -0.143. The van der Waals surface area contributed by atoms with Gasteiger partial charge in [-0.2, -0.15) is 0 Å². The van der Waals surface area contributed by atoms with E-state index in [4.69, 9.17) is 27.9 Å². The summed E-state index contributed by atoms with van der Waals surface area (Å²) in [5.41, 5.74) is 3.98. The third-order valence-corrected chi connectivity index (χ3v) is 7.28. The molecule has 2 aromatic carbocycles. The van der Waals surface area contributed by atoms with Crippen LogP contribution in [0.3, 0.4) is 0 Å². The number of nitrogens with zero attached hydrogens (tertiary/aromatic N) is 1. The number of benzene rings is 2. The maximum atomic E-state index is 13.5. The van der Waals surface area contributed by atoms with E-state index in [1.54, 1.807) is 17.0 Å². The van der Waals surface area contributed by atoms with Gasteiger partial charge in [0, 0.05) is 12.6 Å². The monoisotopic (exact) mass is 504 g/mol. The number of nitrogens with one attached hydrogen (secondary N) is 1. The fourth-order valence-electron chi connectivity index (χ4n) is 4.49. The Morgan fingerprint density at radius 3 is 2.44 bits per heavy atom. The predicted molar refractivity (Wildman–Crippen MR) is 138 cm³/mol. The number of carbonyl (C=O) groups is 2. The summed E-state index contributed by atoms with van der Waals surface area (Å²) in [5, 5.41) is 4.01. The van der Waals surface area contributed by atoms with Gasteiger partial charge in [0.05, 0.1) is 10.0 Å². The van der Waals surface area contributed by atoms with Crippen molar-refractivity contribution in [1.29, 1.82) is 0 Å². The average Bonchev–Trinajstić information content (AvgIpc) is 3.30. The first-order valence-electron chi connectivity index (χ1n) is 11.9. The van der Waals surface area contributed by atoms with E-state index >= 15 is 0 Å². The summed E-state index contributed by atoms with van der Waals surface area (Å²) >= 11 is 12.3. The Labute approximate surface area is 212 Å². The number of halogens is 2. The van der Waals surface area contributed by atoms with Gasteiger partial charge in [-0.1, -0.05) is 55.1 Å². The van der Waals surface area contributed by atoms with Crippen LogP contribution < -0.4 is 10.1 Å². The van der Waals surface area contributed by atoms with Gasteiger partial charge in [0.2, 0.25) is 5.91 Å². The number of amides is 2. The quantitative estimate of drug-likeness (QED) is 0.444. The van der Waals surface area contributed by atoms with Crippen molar-refractivity contribution in [2.24, 2.45) is 0 Å². The van der Waals surface area contributed by atoms with Gasteiger partial charge >= 0.3 is 0 Å². The van der Waals surface area contributed by atoms with E-state index in [9.17, 15) is 9.59 Å². The highest BCUT2D eigenvalue weighted by Gasteiger charge is 2.31. The fourth-order valence-corrected chi connectivity index (χ4v) is 4.82. The molecule has 0 spiro atoms. The molecule has 0 heterocycles. The second-order valence-electron chi connectivity index (χ2n) is 9.18. The molecule has 34 heavy (non-hydrogen) atoms. The molecule has 0 aromatic heterocycles. The highest BCUT2D eigenvalue weighted by atomic mass is 35.5. The molecule has 1 fully saturated rings. The van der Waals surface area contributed by atoms with Crippen molar-refractivity contribution in [3.8, 4) is 5.75 Å². The first kappa shape index (κ1) is 26.4. The standard InChI is InChI=1S/C27H34Cl2N2O3/c1-5-24(27(33)30-21-8-6-7-9-21)31(15-20-10-11-22(28)23(29)14-20)26(32)16-34-25-13-17(2)12-18(3)19(25)4/h10-14,21,24H,5-9,15-16H2,1-4H3,(H,30,33)/t24-/m0/s1. The fraction of sp³-hybridized carbons (Fsp3) is 0.481. The van der Waals surface area contributed by atoms with Gasteiger partial charge in [-0.15, -0.1) is 0 Å². The molecular formula is C27H34Cl2N2O3. The van der Waals surface area contributed by atoms with Crippen LogP contribution in [0.15, 0.2) is 30.3 Å². The normalized spacial score (nSPS) is 14.6. The van der Waals surface area contributed by atoms with E-state index < -0.39 is 6.04 Å². The van der Waals surface area contributed by atoms with Crippen LogP contribution in [0.5, 0.6) is 5.75 Å². The average molecular weight is 505 g/mol. The molecule has 0 unspecified atom stereocenters. The Hall–Kier alpha value is -2.24. The minimum atomic E-state index is -0.605. The zero-order chi connectivity index (χ0) is 24.8. The molecule has 3 rings (SSSR count). The Kier molecular flexibility index (Phi) is 9.26. The molecule has 0 aliphatic heterocycles. The van der Waals surface area contributed by atoms with Crippen molar-refractivity contribution in [1.82, 2.24) is 10.2 Å². The molecule has 1 saturated carbocycles. The predicted octanol–water partition coefficient (Wildman–Crippen LogP) is 6.16. The molecule has 0 radical (unpaired) electrons. The van der Waals surface area contributed by atoms with Crippen molar-refractivity contribution in [3.05, 3.63) is 62.6 Å². The van der Waals surface area contributed by atoms with Crippen LogP contribution in [-0.4, -0.2) is 35.4 Å². The Bertz CT molecular complexity index is 1030.